The molecule has 2 spiro atoms. The van der Waals surface area contributed by atoms with Crippen LogP contribution in [0.4, 0.5) is 5.69 Å². The first-order chi connectivity index (χ1) is 10.1. The van der Waals surface area contributed by atoms with Crippen LogP contribution in [0.15, 0.2) is 18.2 Å². The average molecular weight is 308 g/mol. The van der Waals surface area contributed by atoms with Gasteiger partial charge in [0, 0.05) is 17.1 Å². The summed E-state index contributed by atoms with van der Waals surface area (Å²) in [5.74, 6) is -0.0826. The number of nitrogens with one attached hydrogen (secondary N) is 3. The van der Waals surface area contributed by atoms with Crippen LogP contribution in [0.25, 0.3) is 0 Å². The molecule has 0 saturated carbocycles. The summed E-state index contributed by atoms with van der Waals surface area (Å²) in [4.78, 5) is 12.4. The second-order valence-electron chi connectivity index (χ2n) is 6.25. The number of piperidine rings is 1. The summed E-state index contributed by atoms with van der Waals surface area (Å²) in [6, 6.07) is 5.36. The molecular weight excluding hydrogens is 290 g/mol. The van der Waals surface area contributed by atoms with Crippen LogP contribution in [0, 0.1) is 0 Å². The Hall–Kier alpha value is -1.30. The van der Waals surface area contributed by atoms with Gasteiger partial charge in [-0.15, -0.1) is 0 Å². The van der Waals surface area contributed by atoms with Crippen LogP contribution in [0.5, 0.6) is 0 Å². The third-order valence-corrected chi connectivity index (χ3v) is 4.95. The largest absolute Gasteiger partial charge is 0.370 e. The second-order valence-corrected chi connectivity index (χ2v) is 6.69. The Balaban J connectivity index is 1.63. The van der Waals surface area contributed by atoms with E-state index in [2.05, 4.69) is 16.0 Å². The fourth-order valence-corrected chi connectivity index (χ4v) is 3.85. The number of benzene rings is 1. The van der Waals surface area contributed by atoms with E-state index in [1.165, 1.54) is 0 Å². The molecular formula is C15H18ClN3O2. The lowest BCUT2D eigenvalue weighted by Crippen LogP contribution is -2.59. The van der Waals surface area contributed by atoms with Gasteiger partial charge in [-0.25, -0.2) is 0 Å². The maximum Gasteiger partial charge on any atom is 0.255 e. The molecule has 3 N–H and O–H groups in total. The molecule has 1 aromatic carbocycles. The molecule has 1 aromatic rings. The van der Waals surface area contributed by atoms with Crippen molar-refractivity contribution in [3.8, 4) is 0 Å². The van der Waals surface area contributed by atoms with Crippen LogP contribution in [0.3, 0.4) is 0 Å². The zero-order valence-corrected chi connectivity index (χ0v) is 12.4. The molecule has 1 amide bonds. The van der Waals surface area contributed by atoms with Crippen LogP contribution < -0.4 is 16.0 Å². The smallest absolute Gasteiger partial charge is 0.255 e. The Morgan fingerprint density at radius 2 is 2.00 bits per heavy atom. The molecule has 0 aromatic heterocycles. The molecule has 112 valence electrons. The van der Waals surface area contributed by atoms with E-state index in [0.29, 0.717) is 17.2 Å². The van der Waals surface area contributed by atoms with Crippen molar-refractivity contribution < 1.29 is 9.53 Å². The molecule has 0 bridgehead atoms. The average Bonchev–Trinajstić information content (AvgIpc) is 2.79. The fraction of sp³-hybridized carbons (Fsp3) is 0.533. The van der Waals surface area contributed by atoms with Gasteiger partial charge in [0.05, 0.1) is 17.8 Å². The van der Waals surface area contributed by atoms with Crippen LogP contribution in [0.1, 0.15) is 29.6 Å². The molecule has 4 rings (SSSR count). The molecule has 5 nitrogen and oxygen atoms in total. The number of halogens is 1. The van der Waals surface area contributed by atoms with Crippen LogP contribution >= 0.6 is 11.6 Å². The lowest BCUT2D eigenvalue weighted by atomic mass is 9.85. The Kier molecular flexibility index (Phi) is 2.93. The summed E-state index contributed by atoms with van der Waals surface area (Å²) in [7, 11) is 0. The number of hydrogen-bond donors (Lipinski definition) is 3. The summed E-state index contributed by atoms with van der Waals surface area (Å²) >= 11 is 5.97. The van der Waals surface area contributed by atoms with Crippen molar-refractivity contribution in [1.82, 2.24) is 10.6 Å². The second kappa shape index (κ2) is 4.60. The molecule has 1 atom stereocenters. The van der Waals surface area contributed by atoms with Gasteiger partial charge in [-0.1, -0.05) is 11.6 Å². The molecule has 6 heteroatoms. The molecule has 21 heavy (non-hydrogen) atoms. The van der Waals surface area contributed by atoms with Crippen molar-refractivity contribution in [2.45, 2.75) is 30.5 Å². The molecule has 3 heterocycles. The highest BCUT2D eigenvalue weighted by atomic mass is 35.5. The maximum absolute atomic E-state index is 12.4. The molecule has 2 saturated heterocycles. The van der Waals surface area contributed by atoms with E-state index in [-0.39, 0.29) is 11.5 Å². The SMILES string of the molecule is O=C1NC2(COC3(CCNCC3)C2)Nc2ccc(Cl)cc21. The summed E-state index contributed by atoms with van der Waals surface area (Å²) in [6.45, 7) is 2.44. The van der Waals surface area contributed by atoms with Gasteiger partial charge in [-0.05, 0) is 44.1 Å². The molecule has 3 aliphatic rings. The number of fused-ring (bicyclic) bond motifs is 1. The highest BCUT2D eigenvalue weighted by molar-refractivity contribution is 6.31. The first-order valence-corrected chi connectivity index (χ1v) is 7.73. The lowest BCUT2D eigenvalue weighted by Gasteiger charge is -2.38. The molecule has 0 aliphatic carbocycles. The van der Waals surface area contributed by atoms with Crippen molar-refractivity contribution in [1.29, 1.82) is 0 Å². The minimum absolute atomic E-state index is 0.0826. The van der Waals surface area contributed by atoms with Gasteiger partial charge in [-0.3, -0.25) is 4.79 Å². The topological polar surface area (TPSA) is 62.4 Å². The van der Waals surface area contributed by atoms with Crippen LogP contribution in [-0.2, 0) is 4.74 Å². The minimum atomic E-state index is -0.491. The highest BCUT2D eigenvalue weighted by Gasteiger charge is 2.52. The number of hydrogen-bond acceptors (Lipinski definition) is 4. The highest BCUT2D eigenvalue weighted by Crippen LogP contribution is 2.42. The van der Waals surface area contributed by atoms with E-state index in [0.717, 1.165) is 38.0 Å². The Labute approximate surface area is 128 Å². The normalized spacial score (nSPS) is 30.0. The number of anilines is 1. The number of carbonyl (C=O) groups is 1. The Morgan fingerprint density at radius 3 is 2.81 bits per heavy atom. The quantitative estimate of drug-likeness (QED) is 0.683. The predicted molar refractivity (Wildman–Crippen MR) is 80.7 cm³/mol. The van der Waals surface area contributed by atoms with E-state index in [1.54, 1.807) is 12.1 Å². The molecule has 1 unspecified atom stereocenters. The third kappa shape index (κ3) is 2.20. The first-order valence-electron chi connectivity index (χ1n) is 7.35. The minimum Gasteiger partial charge on any atom is -0.370 e. The van der Waals surface area contributed by atoms with Crippen LogP contribution in [0.2, 0.25) is 5.02 Å². The van der Waals surface area contributed by atoms with Gasteiger partial charge in [-0.2, -0.15) is 0 Å². The van der Waals surface area contributed by atoms with Gasteiger partial charge < -0.3 is 20.7 Å². The van der Waals surface area contributed by atoms with E-state index in [1.807, 2.05) is 6.07 Å². The number of carbonyl (C=O) groups excluding carboxylic acids is 1. The summed E-state index contributed by atoms with van der Waals surface area (Å²) in [5.41, 5.74) is 0.821. The maximum atomic E-state index is 12.4. The zero-order valence-electron chi connectivity index (χ0n) is 11.7. The van der Waals surface area contributed by atoms with Crippen molar-refractivity contribution >= 4 is 23.2 Å². The van der Waals surface area contributed by atoms with Crippen molar-refractivity contribution in [2.24, 2.45) is 0 Å². The third-order valence-electron chi connectivity index (χ3n) is 4.72. The predicted octanol–water partition coefficient (Wildman–Crippen LogP) is 1.73. The monoisotopic (exact) mass is 307 g/mol. The van der Waals surface area contributed by atoms with Gasteiger partial charge in [0.1, 0.15) is 5.66 Å². The standard InChI is InChI=1S/C15H18ClN3O2/c16-10-1-2-12-11(7-10)13(20)19-15(18-12)8-14(21-9-15)3-5-17-6-4-14/h1-2,7,17-18H,3-6,8-9H2,(H,19,20). The lowest BCUT2D eigenvalue weighted by molar-refractivity contribution is -0.0200. The summed E-state index contributed by atoms with van der Waals surface area (Å²) in [6.07, 6.45) is 2.77. The number of ether oxygens (including phenoxy) is 1. The number of amides is 1. The fourth-order valence-electron chi connectivity index (χ4n) is 3.68. The van der Waals surface area contributed by atoms with Gasteiger partial charge in [0.25, 0.3) is 5.91 Å². The van der Waals surface area contributed by atoms with Crippen molar-refractivity contribution in [3.63, 3.8) is 0 Å². The van der Waals surface area contributed by atoms with Gasteiger partial charge in [0.2, 0.25) is 0 Å². The van der Waals surface area contributed by atoms with E-state index < -0.39 is 5.66 Å². The zero-order chi connectivity index (χ0) is 14.5. The van der Waals surface area contributed by atoms with E-state index in [9.17, 15) is 4.79 Å². The van der Waals surface area contributed by atoms with E-state index >= 15 is 0 Å². The van der Waals surface area contributed by atoms with Crippen LogP contribution in [-0.4, -0.2) is 36.9 Å². The summed E-state index contributed by atoms with van der Waals surface area (Å²) < 4.78 is 6.12. The first kappa shape index (κ1) is 13.4. The van der Waals surface area contributed by atoms with Crippen molar-refractivity contribution in [2.75, 3.05) is 25.0 Å². The van der Waals surface area contributed by atoms with Crippen molar-refractivity contribution in [3.05, 3.63) is 28.8 Å². The molecule has 0 radical (unpaired) electrons. The molecule has 2 fully saturated rings. The van der Waals surface area contributed by atoms with Gasteiger partial charge >= 0.3 is 0 Å². The van der Waals surface area contributed by atoms with Gasteiger partial charge in [0.15, 0.2) is 0 Å². The Morgan fingerprint density at radius 1 is 1.19 bits per heavy atom. The van der Waals surface area contributed by atoms with E-state index in [4.69, 9.17) is 16.3 Å². The summed E-state index contributed by atoms with van der Waals surface area (Å²) in [5, 5.41) is 10.5. The Bertz CT molecular complexity index is 601. The molecule has 3 aliphatic heterocycles. The number of rotatable bonds is 0.